The molecule has 0 N–H and O–H groups in total. The van der Waals surface area contributed by atoms with Crippen LogP contribution < -0.4 is 9.05 Å². The van der Waals surface area contributed by atoms with Crippen LogP contribution in [-0.2, 0) is 9.09 Å². The van der Waals surface area contributed by atoms with Gasteiger partial charge in [-0.2, -0.15) is 4.57 Å². The molecule has 0 heterocycles. The van der Waals surface area contributed by atoms with Gasteiger partial charge in [-0.3, -0.25) is 0 Å². The van der Waals surface area contributed by atoms with Gasteiger partial charge < -0.3 is 13.6 Å². The molecule has 0 bridgehead atoms. The first kappa shape index (κ1) is 17.5. The summed E-state index contributed by atoms with van der Waals surface area (Å²) in [5.41, 5.74) is 0. The quantitative estimate of drug-likeness (QED) is 0.342. The van der Waals surface area contributed by atoms with Crippen molar-refractivity contribution in [2.45, 2.75) is 13.3 Å². The Morgan fingerprint density at radius 3 is 1.91 bits per heavy atom. The Morgan fingerprint density at radius 2 is 1.48 bits per heavy atom. The molecule has 4 nitrogen and oxygen atoms in total. The number of phosphoric acid groups is 1. The van der Waals surface area contributed by atoms with Crippen LogP contribution in [0.3, 0.4) is 0 Å². The predicted octanol–water partition coefficient (Wildman–Crippen LogP) is 5.80. The number of hydrogen-bond acceptors (Lipinski definition) is 4. The number of alkyl halides is 1. The van der Waals surface area contributed by atoms with Gasteiger partial charge in [0.2, 0.25) is 0 Å². The molecule has 0 fully saturated rings. The number of hydrogen-bond donors (Lipinski definition) is 0. The molecular formula is C17H18ClO4P. The summed E-state index contributed by atoms with van der Waals surface area (Å²) in [4.78, 5) is 0. The van der Waals surface area contributed by atoms with Crippen molar-refractivity contribution >= 4 is 19.4 Å². The summed E-state index contributed by atoms with van der Waals surface area (Å²) in [6.45, 7) is 1.68. The van der Waals surface area contributed by atoms with Crippen LogP contribution in [0.2, 0.25) is 0 Å². The second kappa shape index (κ2) is 8.66. The van der Waals surface area contributed by atoms with Crippen molar-refractivity contribution in [2.24, 2.45) is 0 Å². The molecule has 0 saturated heterocycles. The Morgan fingerprint density at radius 1 is 1.00 bits per heavy atom. The molecule has 0 unspecified atom stereocenters. The summed E-state index contributed by atoms with van der Waals surface area (Å²) >= 11 is 5.64. The Balaban J connectivity index is 2.20. The maximum Gasteiger partial charge on any atom is 0.646 e. The molecule has 0 aliphatic rings. The monoisotopic (exact) mass is 352 g/mol. The largest absolute Gasteiger partial charge is 0.646 e. The zero-order valence-electron chi connectivity index (χ0n) is 12.7. The van der Waals surface area contributed by atoms with Crippen LogP contribution in [0.15, 0.2) is 72.5 Å². The highest BCUT2D eigenvalue weighted by Gasteiger charge is 2.32. The van der Waals surface area contributed by atoms with Crippen LogP contribution in [0.1, 0.15) is 13.3 Å². The highest BCUT2D eigenvalue weighted by atomic mass is 35.5. The van der Waals surface area contributed by atoms with Crippen molar-refractivity contribution < 1.29 is 18.1 Å². The van der Waals surface area contributed by atoms with Crippen LogP contribution in [0, 0.1) is 0 Å². The molecule has 0 atom stereocenters. The molecule has 0 aliphatic carbocycles. The Kier molecular flexibility index (Phi) is 6.57. The molecule has 0 amide bonds. The molecule has 2 aromatic rings. The van der Waals surface area contributed by atoms with E-state index in [1.165, 1.54) is 0 Å². The van der Waals surface area contributed by atoms with E-state index >= 15 is 0 Å². The third-order valence-corrected chi connectivity index (χ3v) is 4.32. The Bertz CT molecular complexity index is 628. The van der Waals surface area contributed by atoms with Crippen LogP contribution in [0.4, 0.5) is 0 Å². The fourth-order valence-electron chi connectivity index (χ4n) is 1.75. The summed E-state index contributed by atoms with van der Waals surface area (Å²) in [6, 6.07) is 17.5. The van der Waals surface area contributed by atoms with Gasteiger partial charge >= 0.3 is 7.82 Å². The van der Waals surface area contributed by atoms with Crippen molar-refractivity contribution in [1.82, 2.24) is 0 Å². The molecule has 6 heteroatoms. The minimum Gasteiger partial charge on any atom is -0.391 e. The van der Waals surface area contributed by atoms with Crippen LogP contribution in [0.25, 0.3) is 0 Å². The minimum atomic E-state index is -3.87. The zero-order valence-corrected chi connectivity index (χ0v) is 14.4. The molecule has 122 valence electrons. The first-order valence-corrected chi connectivity index (χ1v) is 9.12. The molecular weight excluding hydrogens is 335 g/mol. The maximum absolute atomic E-state index is 13.0. The molecule has 2 aromatic carbocycles. The lowest BCUT2D eigenvalue weighted by Crippen LogP contribution is -2.04. The number of allylic oxidation sites excluding steroid dienone is 2. The summed E-state index contributed by atoms with van der Waals surface area (Å²) in [7, 11) is -3.87. The Hall–Kier alpha value is -1.90. The van der Waals surface area contributed by atoms with Gasteiger partial charge in [-0.05, 0) is 43.7 Å². The van der Waals surface area contributed by atoms with Gasteiger partial charge in [0.05, 0.1) is 0 Å². The third-order valence-electron chi connectivity index (χ3n) is 2.72. The Labute approximate surface area is 141 Å². The number of para-hydroxylation sites is 2. The molecule has 0 radical (unpaired) electrons. The van der Waals surface area contributed by atoms with E-state index < -0.39 is 7.82 Å². The summed E-state index contributed by atoms with van der Waals surface area (Å²) in [5, 5.41) is 0. The van der Waals surface area contributed by atoms with Gasteiger partial charge in [0.15, 0.2) is 0 Å². The smallest absolute Gasteiger partial charge is 0.391 e. The third kappa shape index (κ3) is 6.01. The highest BCUT2D eigenvalue weighted by Crippen LogP contribution is 2.51. The van der Waals surface area contributed by atoms with Gasteiger partial charge in [-0.1, -0.05) is 36.4 Å². The van der Waals surface area contributed by atoms with Crippen molar-refractivity contribution in [3.05, 3.63) is 72.5 Å². The van der Waals surface area contributed by atoms with Gasteiger partial charge in [-0.25, -0.2) is 0 Å². The van der Waals surface area contributed by atoms with E-state index in [0.29, 0.717) is 29.6 Å². The first-order valence-electron chi connectivity index (χ1n) is 7.13. The van der Waals surface area contributed by atoms with E-state index in [1.54, 1.807) is 61.5 Å². The first-order chi connectivity index (χ1) is 11.1. The number of benzene rings is 2. The fourth-order valence-corrected chi connectivity index (χ4v) is 3.16. The van der Waals surface area contributed by atoms with Gasteiger partial charge in [0, 0.05) is 5.88 Å². The number of rotatable bonds is 8. The lowest BCUT2D eigenvalue weighted by atomic mass is 10.3. The molecule has 0 spiro atoms. The van der Waals surface area contributed by atoms with Gasteiger partial charge in [-0.15, -0.1) is 11.6 Å². The highest BCUT2D eigenvalue weighted by molar-refractivity contribution is 7.49. The second-order valence-electron chi connectivity index (χ2n) is 4.64. The van der Waals surface area contributed by atoms with E-state index in [1.807, 2.05) is 12.1 Å². The topological polar surface area (TPSA) is 44.8 Å². The normalized spacial score (nSPS) is 11.8. The zero-order chi connectivity index (χ0) is 16.5. The van der Waals surface area contributed by atoms with Crippen molar-refractivity contribution in [3.63, 3.8) is 0 Å². The lowest BCUT2D eigenvalue weighted by molar-refractivity contribution is 0.257. The average Bonchev–Trinajstić information content (AvgIpc) is 2.54. The van der Waals surface area contributed by atoms with E-state index in [9.17, 15) is 4.57 Å². The van der Waals surface area contributed by atoms with Crippen molar-refractivity contribution in [3.8, 4) is 11.5 Å². The summed E-state index contributed by atoms with van der Waals surface area (Å²) in [5.74, 6) is 1.68. The summed E-state index contributed by atoms with van der Waals surface area (Å²) in [6.07, 6.45) is 2.34. The molecule has 2 rings (SSSR count). The fraction of sp³-hybridized carbons (Fsp3) is 0.176. The molecule has 23 heavy (non-hydrogen) atoms. The van der Waals surface area contributed by atoms with Crippen molar-refractivity contribution in [1.29, 1.82) is 0 Å². The summed E-state index contributed by atoms with van der Waals surface area (Å²) < 4.78 is 29.4. The van der Waals surface area contributed by atoms with Crippen LogP contribution in [0.5, 0.6) is 11.5 Å². The predicted molar refractivity (Wildman–Crippen MR) is 91.9 cm³/mol. The average molecular weight is 353 g/mol. The number of phosphoric ester groups is 1. The lowest BCUT2D eigenvalue weighted by Gasteiger charge is -2.19. The number of halogens is 1. The van der Waals surface area contributed by atoms with Crippen LogP contribution >= 0.6 is 19.4 Å². The SMILES string of the molecule is CC(=CCCCl)OP(=O)(Oc1ccccc1)Oc1ccccc1. The minimum absolute atomic E-state index is 0.400. The van der Waals surface area contributed by atoms with E-state index in [2.05, 4.69) is 0 Å². The molecule has 0 aromatic heterocycles. The van der Waals surface area contributed by atoms with E-state index in [0.717, 1.165) is 0 Å². The van der Waals surface area contributed by atoms with Gasteiger partial charge in [0.1, 0.15) is 17.3 Å². The van der Waals surface area contributed by atoms with Crippen molar-refractivity contribution in [2.75, 3.05) is 5.88 Å². The maximum atomic E-state index is 13.0. The van der Waals surface area contributed by atoms with E-state index in [4.69, 9.17) is 25.2 Å². The molecule has 0 saturated carbocycles. The van der Waals surface area contributed by atoms with Gasteiger partial charge in [0.25, 0.3) is 0 Å². The second-order valence-corrected chi connectivity index (χ2v) is 6.46. The standard InChI is InChI=1S/C17H18ClO4P/c1-15(9-8-14-18)20-23(19,21-16-10-4-2-5-11-16)22-17-12-6-3-7-13-17/h2-7,9-13H,8,14H2,1H3. The molecule has 0 aliphatic heterocycles. The van der Waals surface area contributed by atoms with Crippen LogP contribution in [-0.4, -0.2) is 5.88 Å². The van der Waals surface area contributed by atoms with E-state index in [-0.39, 0.29) is 0 Å².